The maximum Gasteiger partial charge on any atom is 0.177 e. The summed E-state index contributed by atoms with van der Waals surface area (Å²) in [6, 6.07) is 4.01. The van der Waals surface area contributed by atoms with E-state index in [0.29, 0.717) is 0 Å². The summed E-state index contributed by atoms with van der Waals surface area (Å²) in [5.41, 5.74) is 2.84. The molecule has 2 heterocycles. The second-order valence-electron chi connectivity index (χ2n) is 3.36. The number of rotatable bonds is 3. The van der Waals surface area contributed by atoms with Crippen LogP contribution in [0.15, 0.2) is 12.1 Å². The van der Waals surface area contributed by atoms with Crippen LogP contribution in [0.4, 0.5) is 0 Å². The average molecular weight is 190 g/mol. The van der Waals surface area contributed by atoms with E-state index in [9.17, 15) is 0 Å². The van der Waals surface area contributed by atoms with Gasteiger partial charge in [0, 0.05) is 18.7 Å². The lowest BCUT2D eigenvalue weighted by molar-refractivity contribution is 0.766. The van der Waals surface area contributed by atoms with Crippen molar-refractivity contribution in [1.29, 1.82) is 0 Å². The first-order chi connectivity index (χ1) is 6.79. The average Bonchev–Trinajstić information content (AvgIpc) is 2.56. The molecule has 0 aliphatic rings. The number of likely N-dealkylation sites (N-methyl/N-ethyl adjacent to an activating group) is 1. The van der Waals surface area contributed by atoms with Crippen LogP contribution in [0, 0.1) is 6.92 Å². The Labute approximate surface area is 82.8 Å². The van der Waals surface area contributed by atoms with E-state index < -0.39 is 0 Å². The summed E-state index contributed by atoms with van der Waals surface area (Å²) >= 11 is 0. The van der Waals surface area contributed by atoms with Crippen molar-refractivity contribution in [2.24, 2.45) is 0 Å². The van der Waals surface area contributed by atoms with Crippen molar-refractivity contribution in [1.82, 2.24) is 20.3 Å². The molecule has 2 N–H and O–H groups in total. The molecule has 0 saturated carbocycles. The zero-order chi connectivity index (χ0) is 9.97. The fourth-order valence-electron chi connectivity index (χ4n) is 1.40. The zero-order valence-electron chi connectivity index (χ0n) is 8.46. The van der Waals surface area contributed by atoms with Gasteiger partial charge in [0.1, 0.15) is 5.82 Å². The van der Waals surface area contributed by atoms with Gasteiger partial charge in [0.05, 0.1) is 5.52 Å². The first-order valence-electron chi connectivity index (χ1n) is 4.76. The van der Waals surface area contributed by atoms with Gasteiger partial charge in [-0.05, 0) is 26.1 Å². The highest BCUT2D eigenvalue weighted by molar-refractivity contribution is 5.70. The molecule has 0 amide bonds. The molecule has 4 nitrogen and oxygen atoms in total. The van der Waals surface area contributed by atoms with Gasteiger partial charge in [-0.15, -0.1) is 0 Å². The molecule has 0 aliphatic heterocycles. The molecule has 0 saturated heterocycles. The van der Waals surface area contributed by atoms with Gasteiger partial charge in [-0.1, -0.05) is 0 Å². The largest absolute Gasteiger partial charge is 0.341 e. The summed E-state index contributed by atoms with van der Waals surface area (Å²) in [4.78, 5) is 12.0. The maximum absolute atomic E-state index is 4.40. The quantitative estimate of drug-likeness (QED) is 0.760. The molecule has 4 heteroatoms. The number of aryl methyl sites for hydroxylation is 1. The molecule has 0 aliphatic carbocycles. The van der Waals surface area contributed by atoms with Crippen LogP contribution < -0.4 is 5.32 Å². The van der Waals surface area contributed by atoms with Gasteiger partial charge in [-0.25, -0.2) is 9.97 Å². The summed E-state index contributed by atoms with van der Waals surface area (Å²) in [6.07, 6.45) is 0.909. The van der Waals surface area contributed by atoms with Gasteiger partial charge in [0.25, 0.3) is 0 Å². The monoisotopic (exact) mass is 190 g/mol. The Morgan fingerprint density at radius 1 is 1.36 bits per heavy atom. The minimum Gasteiger partial charge on any atom is -0.341 e. The molecule has 0 spiro atoms. The predicted molar refractivity (Wildman–Crippen MR) is 56.3 cm³/mol. The van der Waals surface area contributed by atoms with E-state index in [-0.39, 0.29) is 0 Å². The minimum atomic E-state index is 0.816. The van der Waals surface area contributed by atoms with Crippen molar-refractivity contribution < 1.29 is 0 Å². The van der Waals surface area contributed by atoms with Crippen LogP contribution in [-0.4, -0.2) is 28.5 Å². The van der Waals surface area contributed by atoms with Crippen LogP contribution in [0.2, 0.25) is 0 Å². The first-order valence-corrected chi connectivity index (χ1v) is 4.76. The normalized spacial score (nSPS) is 11.0. The highest BCUT2D eigenvalue weighted by Gasteiger charge is 2.02. The van der Waals surface area contributed by atoms with Gasteiger partial charge in [-0.2, -0.15) is 0 Å². The Balaban J connectivity index is 2.32. The van der Waals surface area contributed by atoms with Crippen molar-refractivity contribution in [3.05, 3.63) is 23.7 Å². The van der Waals surface area contributed by atoms with Crippen molar-refractivity contribution in [3.63, 3.8) is 0 Å². The molecule has 74 valence electrons. The van der Waals surface area contributed by atoms with Gasteiger partial charge < -0.3 is 10.3 Å². The van der Waals surface area contributed by atoms with Crippen LogP contribution in [-0.2, 0) is 6.42 Å². The lowest BCUT2D eigenvalue weighted by Crippen LogP contribution is -2.10. The fourth-order valence-corrected chi connectivity index (χ4v) is 1.40. The van der Waals surface area contributed by atoms with Crippen molar-refractivity contribution in [3.8, 4) is 0 Å². The number of imidazole rings is 1. The molecular weight excluding hydrogens is 176 g/mol. The van der Waals surface area contributed by atoms with E-state index in [1.807, 2.05) is 26.1 Å². The number of nitrogens with one attached hydrogen (secondary N) is 2. The van der Waals surface area contributed by atoms with Gasteiger partial charge in [0.15, 0.2) is 5.65 Å². The topological polar surface area (TPSA) is 53.6 Å². The van der Waals surface area contributed by atoms with E-state index >= 15 is 0 Å². The minimum absolute atomic E-state index is 0.816. The third-order valence-corrected chi connectivity index (χ3v) is 2.15. The number of fused-ring (bicyclic) bond motifs is 1. The molecule has 0 aromatic carbocycles. The third-order valence-electron chi connectivity index (χ3n) is 2.15. The fraction of sp³-hybridized carbons (Fsp3) is 0.400. The molecule has 0 bridgehead atoms. The maximum atomic E-state index is 4.40. The lowest BCUT2D eigenvalue weighted by Gasteiger charge is -1.92. The number of H-pyrrole nitrogens is 1. The van der Waals surface area contributed by atoms with Crippen molar-refractivity contribution >= 4 is 11.2 Å². The molecule has 2 aromatic heterocycles. The number of aromatic nitrogens is 3. The van der Waals surface area contributed by atoms with Crippen molar-refractivity contribution in [2.75, 3.05) is 13.6 Å². The summed E-state index contributed by atoms with van der Waals surface area (Å²) in [7, 11) is 1.94. The van der Waals surface area contributed by atoms with E-state index in [0.717, 1.165) is 35.6 Å². The zero-order valence-corrected chi connectivity index (χ0v) is 8.46. The smallest absolute Gasteiger partial charge is 0.177 e. The van der Waals surface area contributed by atoms with E-state index in [4.69, 9.17) is 0 Å². The third kappa shape index (κ3) is 1.75. The molecule has 0 atom stereocenters. The number of pyridine rings is 1. The van der Waals surface area contributed by atoms with Gasteiger partial charge in [-0.3, -0.25) is 0 Å². The summed E-state index contributed by atoms with van der Waals surface area (Å²) in [5.74, 6) is 0.993. The van der Waals surface area contributed by atoms with E-state index in [1.165, 1.54) is 0 Å². The molecular formula is C10H14N4. The van der Waals surface area contributed by atoms with Crippen LogP contribution >= 0.6 is 0 Å². The molecule has 2 aromatic rings. The Hall–Kier alpha value is -1.42. The van der Waals surface area contributed by atoms with Crippen LogP contribution in [0.5, 0.6) is 0 Å². The summed E-state index contributed by atoms with van der Waals surface area (Å²) in [5, 5.41) is 3.09. The number of nitrogens with zero attached hydrogens (tertiary/aromatic N) is 2. The van der Waals surface area contributed by atoms with Crippen LogP contribution in [0.25, 0.3) is 11.2 Å². The Kier molecular flexibility index (Phi) is 2.45. The Bertz CT molecular complexity index is 433. The van der Waals surface area contributed by atoms with Gasteiger partial charge >= 0.3 is 0 Å². The number of hydrogen-bond acceptors (Lipinski definition) is 3. The molecule has 0 radical (unpaired) electrons. The highest BCUT2D eigenvalue weighted by atomic mass is 15.0. The lowest BCUT2D eigenvalue weighted by atomic mass is 10.3. The summed E-state index contributed by atoms with van der Waals surface area (Å²) in [6.45, 7) is 2.90. The van der Waals surface area contributed by atoms with Crippen LogP contribution in [0.1, 0.15) is 11.5 Å². The second kappa shape index (κ2) is 3.75. The van der Waals surface area contributed by atoms with Crippen molar-refractivity contribution in [2.45, 2.75) is 13.3 Å². The number of hydrogen-bond donors (Lipinski definition) is 2. The molecule has 2 rings (SSSR count). The molecule has 14 heavy (non-hydrogen) atoms. The van der Waals surface area contributed by atoms with Gasteiger partial charge in [0.2, 0.25) is 0 Å². The number of aromatic amines is 1. The molecule has 0 unspecified atom stereocenters. The SMILES string of the molecule is CNCCc1nc2nc(C)ccc2[nH]1. The Morgan fingerprint density at radius 3 is 3.00 bits per heavy atom. The predicted octanol–water partition coefficient (Wildman–Crippen LogP) is 1.03. The van der Waals surface area contributed by atoms with E-state index in [1.54, 1.807) is 0 Å². The van der Waals surface area contributed by atoms with E-state index in [2.05, 4.69) is 20.3 Å². The Morgan fingerprint density at radius 2 is 2.21 bits per heavy atom. The first kappa shape index (κ1) is 9.15. The summed E-state index contributed by atoms with van der Waals surface area (Å²) < 4.78 is 0. The van der Waals surface area contributed by atoms with Crippen LogP contribution in [0.3, 0.4) is 0 Å². The second-order valence-corrected chi connectivity index (χ2v) is 3.36. The molecule has 0 fully saturated rings. The standard InChI is InChI=1S/C10H14N4/c1-7-3-4-8-10(12-7)14-9(13-8)5-6-11-2/h3-4,11H,5-6H2,1-2H3,(H,12,13,14). The highest BCUT2D eigenvalue weighted by Crippen LogP contribution is 2.09.